The first-order valence-corrected chi connectivity index (χ1v) is 6.49. The van der Waals surface area contributed by atoms with E-state index in [9.17, 15) is 4.79 Å². The molecule has 1 amide bonds. The molecule has 0 saturated carbocycles. The number of hydrogen-bond donors (Lipinski definition) is 1. The highest BCUT2D eigenvalue weighted by atomic mass is 16.5. The zero-order valence-electron chi connectivity index (χ0n) is 11.9. The average molecular weight is 265 g/mol. The Morgan fingerprint density at radius 2 is 1.89 bits per heavy atom. The van der Waals surface area contributed by atoms with Crippen LogP contribution in [0.2, 0.25) is 0 Å². The first-order chi connectivity index (χ1) is 8.92. The molecule has 0 atom stereocenters. The number of aliphatic hydroxyl groups excluding tert-OH is 1. The molecule has 0 unspecified atom stereocenters. The van der Waals surface area contributed by atoms with E-state index in [1.165, 1.54) is 0 Å². The third-order valence-electron chi connectivity index (χ3n) is 2.57. The number of aliphatic hydroxyl groups is 1. The largest absolute Gasteiger partial charge is 0.395 e. The lowest BCUT2D eigenvalue weighted by molar-refractivity contribution is -0.142. The van der Waals surface area contributed by atoms with Crippen molar-refractivity contribution in [3.8, 4) is 0 Å². The summed E-state index contributed by atoms with van der Waals surface area (Å²) in [5.41, 5.74) is 0.702. The Morgan fingerprint density at radius 3 is 2.42 bits per heavy atom. The minimum atomic E-state index is -0.340. The lowest BCUT2D eigenvalue weighted by Gasteiger charge is -2.25. The summed E-state index contributed by atoms with van der Waals surface area (Å²) in [5, 5.41) is 9.06. The Bertz CT molecular complexity index is 384. The molecule has 106 valence electrons. The van der Waals surface area contributed by atoms with Crippen molar-refractivity contribution >= 4 is 5.91 Å². The summed E-state index contributed by atoms with van der Waals surface area (Å²) in [6.07, 6.45) is 0. The first kappa shape index (κ1) is 15.7. The smallest absolute Gasteiger partial charge is 0.248 e. The van der Waals surface area contributed by atoms with Gasteiger partial charge in [0.1, 0.15) is 6.61 Å². The zero-order valence-corrected chi connectivity index (χ0v) is 11.9. The summed E-state index contributed by atoms with van der Waals surface area (Å²) < 4.78 is 5.48. The Hall–Kier alpha value is -1.39. The fourth-order valence-corrected chi connectivity index (χ4v) is 1.59. The van der Waals surface area contributed by atoms with E-state index in [0.29, 0.717) is 13.1 Å². The van der Waals surface area contributed by atoms with Gasteiger partial charge in [-0.05, 0) is 26.3 Å². The van der Waals surface area contributed by atoms with Gasteiger partial charge in [0, 0.05) is 13.1 Å². The van der Waals surface area contributed by atoms with Crippen LogP contribution >= 0.6 is 0 Å². The van der Waals surface area contributed by atoms with Crippen LogP contribution in [0.15, 0.2) is 30.3 Å². The van der Waals surface area contributed by atoms with Crippen LogP contribution in [0, 0.1) is 0 Å². The summed E-state index contributed by atoms with van der Waals surface area (Å²) in [4.78, 5) is 13.7. The maximum Gasteiger partial charge on any atom is 0.248 e. The Labute approximate surface area is 115 Å². The third-order valence-corrected chi connectivity index (χ3v) is 2.57. The molecule has 0 heterocycles. The van der Waals surface area contributed by atoms with Crippen LogP contribution in [-0.2, 0) is 16.1 Å². The van der Waals surface area contributed by atoms with Crippen molar-refractivity contribution in [3.05, 3.63) is 35.9 Å². The number of carbonyl (C=O) groups excluding carboxylic acids is 1. The van der Waals surface area contributed by atoms with Crippen LogP contribution in [0.25, 0.3) is 0 Å². The van der Waals surface area contributed by atoms with Crippen molar-refractivity contribution in [3.63, 3.8) is 0 Å². The molecule has 0 aliphatic heterocycles. The van der Waals surface area contributed by atoms with Gasteiger partial charge in [-0.15, -0.1) is 0 Å². The van der Waals surface area contributed by atoms with Gasteiger partial charge in [0.05, 0.1) is 12.2 Å². The van der Waals surface area contributed by atoms with Crippen molar-refractivity contribution in [1.29, 1.82) is 0 Å². The molecule has 0 aliphatic rings. The Kier molecular flexibility index (Phi) is 5.99. The highest BCUT2D eigenvalue weighted by Crippen LogP contribution is 2.09. The quantitative estimate of drug-likeness (QED) is 0.853. The molecular formula is C15H23NO3. The second kappa shape index (κ2) is 7.26. The van der Waals surface area contributed by atoms with E-state index in [1.54, 1.807) is 4.90 Å². The maximum absolute atomic E-state index is 12.1. The second-order valence-corrected chi connectivity index (χ2v) is 5.43. The molecule has 1 aromatic rings. The monoisotopic (exact) mass is 265 g/mol. The highest BCUT2D eigenvalue weighted by Gasteiger charge is 2.17. The van der Waals surface area contributed by atoms with Crippen LogP contribution in [0.5, 0.6) is 0 Å². The fourth-order valence-electron chi connectivity index (χ4n) is 1.59. The minimum Gasteiger partial charge on any atom is -0.395 e. The molecule has 19 heavy (non-hydrogen) atoms. The van der Waals surface area contributed by atoms with Gasteiger partial charge in [-0.1, -0.05) is 30.3 Å². The number of nitrogens with zero attached hydrogens (tertiary/aromatic N) is 1. The topological polar surface area (TPSA) is 49.8 Å². The van der Waals surface area contributed by atoms with Crippen LogP contribution in [0.4, 0.5) is 0 Å². The van der Waals surface area contributed by atoms with Gasteiger partial charge < -0.3 is 14.7 Å². The van der Waals surface area contributed by atoms with Crippen LogP contribution < -0.4 is 0 Å². The van der Waals surface area contributed by atoms with Gasteiger partial charge in [0.15, 0.2) is 0 Å². The SMILES string of the molecule is CC(C)(C)OCC(=O)N(CCO)Cc1ccccc1. The molecule has 0 radical (unpaired) electrons. The van der Waals surface area contributed by atoms with Crippen molar-refractivity contribution in [2.75, 3.05) is 19.8 Å². The molecule has 0 bridgehead atoms. The summed E-state index contributed by atoms with van der Waals surface area (Å²) >= 11 is 0. The average Bonchev–Trinajstić information content (AvgIpc) is 2.36. The van der Waals surface area contributed by atoms with Crippen LogP contribution in [0.1, 0.15) is 26.3 Å². The van der Waals surface area contributed by atoms with E-state index in [1.807, 2.05) is 51.1 Å². The number of hydrogen-bond acceptors (Lipinski definition) is 3. The van der Waals surface area contributed by atoms with Crippen LogP contribution in [0.3, 0.4) is 0 Å². The first-order valence-electron chi connectivity index (χ1n) is 6.49. The summed E-state index contributed by atoms with van der Waals surface area (Å²) in [5.74, 6) is -0.104. The third kappa shape index (κ3) is 6.36. The van der Waals surface area contributed by atoms with Crippen molar-refractivity contribution in [2.45, 2.75) is 32.9 Å². The van der Waals surface area contributed by atoms with Crippen LogP contribution in [-0.4, -0.2) is 41.3 Å². The number of benzene rings is 1. The molecular weight excluding hydrogens is 242 g/mol. The lowest BCUT2D eigenvalue weighted by Crippen LogP contribution is -2.37. The molecule has 1 aromatic carbocycles. The van der Waals surface area contributed by atoms with Gasteiger partial charge in [-0.3, -0.25) is 4.79 Å². The van der Waals surface area contributed by atoms with E-state index < -0.39 is 0 Å². The van der Waals surface area contributed by atoms with Gasteiger partial charge in [0.2, 0.25) is 5.91 Å². The molecule has 1 rings (SSSR count). The van der Waals surface area contributed by atoms with Gasteiger partial charge >= 0.3 is 0 Å². The predicted octanol–water partition coefficient (Wildman–Crippen LogP) is 1.82. The number of carbonyl (C=O) groups is 1. The maximum atomic E-state index is 12.1. The predicted molar refractivity (Wildman–Crippen MR) is 74.6 cm³/mol. The molecule has 0 fully saturated rings. The standard InChI is InChI=1S/C15H23NO3/c1-15(2,3)19-12-14(18)16(9-10-17)11-13-7-5-4-6-8-13/h4-8,17H,9-12H2,1-3H3. The van der Waals surface area contributed by atoms with E-state index in [4.69, 9.17) is 9.84 Å². The Morgan fingerprint density at radius 1 is 1.26 bits per heavy atom. The summed E-state index contributed by atoms with van der Waals surface area (Å²) in [6.45, 7) is 6.54. The fraction of sp³-hybridized carbons (Fsp3) is 0.533. The molecule has 0 aliphatic carbocycles. The summed E-state index contributed by atoms with van der Waals surface area (Å²) in [6, 6.07) is 9.72. The second-order valence-electron chi connectivity index (χ2n) is 5.43. The minimum absolute atomic E-state index is 0.0380. The highest BCUT2D eigenvalue weighted by molar-refractivity contribution is 5.77. The number of rotatable bonds is 6. The zero-order chi connectivity index (χ0) is 14.3. The van der Waals surface area contributed by atoms with E-state index in [-0.39, 0.29) is 24.7 Å². The molecule has 0 saturated heterocycles. The van der Waals surface area contributed by atoms with Gasteiger partial charge in [0.25, 0.3) is 0 Å². The normalized spacial score (nSPS) is 11.4. The Balaban J connectivity index is 2.59. The van der Waals surface area contributed by atoms with Crippen molar-refractivity contribution < 1.29 is 14.6 Å². The molecule has 0 spiro atoms. The van der Waals surface area contributed by atoms with Crippen molar-refractivity contribution in [2.24, 2.45) is 0 Å². The number of amides is 1. The van der Waals surface area contributed by atoms with E-state index in [0.717, 1.165) is 5.56 Å². The molecule has 4 heteroatoms. The van der Waals surface area contributed by atoms with E-state index >= 15 is 0 Å². The molecule has 1 N–H and O–H groups in total. The van der Waals surface area contributed by atoms with Gasteiger partial charge in [-0.25, -0.2) is 0 Å². The number of ether oxygens (including phenoxy) is 1. The molecule has 0 aromatic heterocycles. The van der Waals surface area contributed by atoms with Crippen molar-refractivity contribution in [1.82, 2.24) is 4.90 Å². The van der Waals surface area contributed by atoms with Gasteiger partial charge in [-0.2, -0.15) is 0 Å². The summed E-state index contributed by atoms with van der Waals surface area (Å²) in [7, 11) is 0. The lowest BCUT2D eigenvalue weighted by atomic mass is 10.2. The van der Waals surface area contributed by atoms with E-state index in [2.05, 4.69) is 0 Å². The molecule has 4 nitrogen and oxygen atoms in total.